The van der Waals surface area contributed by atoms with Crippen molar-refractivity contribution in [2.75, 3.05) is 19.6 Å². The van der Waals surface area contributed by atoms with Gasteiger partial charge in [0.25, 0.3) is 5.91 Å². The number of imidazole rings is 1. The summed E-state index contributed by atoms with van der Waals surface area (Å²) in [6, 6.07) is 12.9. The number of carbonyl (C=O) groups excluding carboxylic acids is 2. The lowest BCUT2D eigenvalue weighted by Gasteiger charge is -2.25. The monoisotopic (exact) mass is 427 g/mol. The second kappa shape index (κ2) is 7.88. The first-order valence-corrected chi connectivity index (χ1v) is 10.9. The average Bonchev–Trinajstić information content (AvgIpc) is 3.18. The number of hydrogen-bond donors (Lipinski definition) is 3. The highest BCUT2D eigenvalue weighted by Crippen LogP contribution is 2.19. The van der Waals surface area contributed by atoms with E-state index in [9.17, 15) is 18.0 Å². The van der Waals surface area contributed by atoms with E-state index in [-0.39, 0.29) is 42.4 Å². The third kappa shape index (κ3) is 3.91. The molecular formula is C20H21N5O4S. The van der Waals surface area contributed by atoms with E-state index in [1.165, 1.54) is 24.3 Å². The zero-order valence-electron chi connectivity index (χ0n) is 16.3. The van der Waals surface area contributed by atoms with Crippen LogP contribution in [0.5, 0.6) is 0 Å². The third-order valence-electron chi connectivity index (χ3n) is 4.92. The van der Waals surface area contributed by atoms with Crippen LogP contribution >= 0.6 is 0 Å². The number of nitrogens with one attached hydrogen (secondary N) is 3. The Bertz CT molecular complexity index is 1170. The van der Waals surface area contributed by atoms with Crippen molar-refractivity contribution in [3.8, 4) is 0 Å². The minimum absolute atomic E-state index is 0.0408. The topological polar surface area (TPSA) is 124 Å². The molecule has 1 atom stereocenters. The van der Waals surface area contributed by atoms with Gasteiger partial charge in [-0.2, -0.15) is 4.31 Å². The minimum Gasteiger partial charge on any atom is -0.354 e. The molecule has 0 saturated carbocycles. The number of aromatic amines is 1. The van der Waals surface area contributed by atoms with Crippen molar-refractivity contribution >= 4 is 32.9 Å². The zero-order chi connectivity index (χ0) is 21.3. The van der Waals surface area contributed by atoms with Gasteiger partial charge >= 0.3 is 0 Å². The molecule has 1 fully saturated rings. The Hall–Kier alpha value is -3.24. The second-order valence-corrected chi connectivity index (χ2v) is 8.99. The number of carbonyl (C=O) groups is 2. The van der Waals surface area contributed by atoms with Crippen molar-refractivity contribution in [2.24, 2.45) is 0 Å². The first kappa shape index (κ1) is 20.0. The Morgan fingerprint density at radius 3 is 2.60 bits per heavy atom. The standard InChI is InChI=1S/C20H21N5O4S/c1-13(19-23-16-4-2-3-5-17(16)24-19)22-20(27)14-6-8-15(9-7-14)30(28,29)25-11-10-21-18(26)12-25/h2-9,13H,10-12H2,1H3,(H,21,26)(H,22,27)(H,23,24)/t13-/m0/s1. The molecule has 2 heterocycles. The lowest BCUT2D eigenvalue weighted by molar-refractivity contribution is -0.122. The Morgan fingerprint density at radius 2 is 1.90 bits per heavy atom. The molecule has 156 valence electrons. The second-order valence-electron chi connectivity index (χ2n) is 7.05. The van der Waals surface area contributed by atoms with Crippen LogP contribution < -0.4 is 10.6 Å². The van der Waals surface area contributed by atoms with Crippen molar-refractivity contribution < 1.29 is 18.0 Å². The maximum atomic E-state index is 12.7. The smallest absolute Gasteiger partial charge is 0.251 e. The van der Waals surface area contributed by atoms with E-state index in [0.717, 1.165) is 15.3 Å². The Morgan fingerprint density at radius 1 is 1.17 bits per heavy atom. The number of benzene rings is 2. The highest BCUT2D eigenvalue weighted by atomic mass is 32.2. The fraction of sp³-hybridized carbons (Fsp3) is 0.250. The number of rotatable bonds is 5. The number of sulfonamides is 1. The summed E-state index contributed by atoms with van der Waals surface area (Å²) in [6.07, 6.45) is 0. The molecule has 0 spiro atoms. The summed E-state index contributed by atoms with van der Waals surface area (Å²) in [6.45, 7) is 2.10. The van der Waals surface area contributed by atoms with Gasteiger partial charge in [-0.3, -0.25) is 9.59 Å². The summed E-state index contributed by atoms with van der Waals surface area (Å²) < 4.78 is 26.5. The average molecular weight is 427 g/mol. The third-order valence-corrected chi connectivity index (χ3v) is 6.78. The van der Waals surface area contributed by atoms with Crippen molar-refractivity contribution in [1.82, 2.24) is 24.9 Å². The van der Waals surface area contributed by atoms with E-state index in [0.29, 0.717) is 11.4 Å². The van der Waals surface area contributed by atoms with E-state index < -0.39 is 10.0 Å². The quantitative estimate of drug-likeness (QED) is 0.564. The van der Waals surface area contributed by atoms with E-state index in [1.54, 1.807) is 0 Å². The fourth-order valence-corrected chi connectivity index (χ4v) is 4.67. The highest BCUT2D eigenvalue weighted by molar-refractivity contribution is 7.89. The molecule has 2 aromatic carbocycles. The molecule has 10 heteroatoms. The molecule has 1 aromatic heterocycles. The number of hydrogen-bond acceptors (Lipinski definition) is 5. The van der Waals surface area contributed by atoms with Gasteiger partial charge in [0.05, 0.1) is 28.5 Å². The van der Waals surface area contributed by atoms with Crippen LogP contribution in [0.3, 0.4) is 0 Å². The van der Waals surface area contributed by atoms with Gasteiger partial charge in [-0.15, -0.1) is 0 Å². The van der Waals surface area contributed by atoms with Gasteiger partial charge in [0.15, 0.2) is 0 Å². The van der Waals surface area contributed by atoms with Crippen LogP contribution in [0.15, 0.2) is 53.4 Å². The van der Waals surface area contributed by atoms with Crippen LogP contribution in [0.2, 0.25) is 0 Å². The number of piperazine rings is 1. The zero-order valence-corrected chi connectivity index (χ0v) is 17.1. The lowest BCUT2D eigenvalue weighted by atomic mass is 10.2. The normalized spacial score (nSPS) is 16.2. The highest BCUT2D eigenvalue weighted by Gasteiger charge is 2.29. The molecule has 0 radical (unpaired) electrons. The molecule has 3 aromatic rings. The van der Waals surface area contributed by atoms with E-state index >= 15 is 0 Å². The number of H-pyrrole nitrogens is 1. The predicted octanol–water partition coefficient (Wildman–Crippen LogP) is 1.17. The maximum absolute atomic E-state index is 12.7. The molecule has 2 amide bonds. The summed E-state index contributed by atoms with van der Waals surface area (Å²) in [5.41, 5.74) is 2.03. The van der Waals surface area contributed by atoms with E-state index in [2.05, 4.69) is 20.6 Å². The number of fused-ring (bicyclic) bond motifs is 1. The van der Waals surface area contributed by atoms with Gasteiger partial charge in [0.1, 0.15) is 5.82 Å². The van der Waals surface area contributed by atoms with Crippen molar-refractivity contribution in [1.29, 1.82) is 0 Å². The molecule has 9 nitrogen and oxygen atoms in total. The summed E-state index contributed by atoms with van der Waals surface area (Å²) in [7, 11) is -3.79. The predicted molar refractivity (Wildman–Crippen MR) is 110 cm³/mol. The van der Waals surface area contributed by atoms with Crippen LogP contribution in [0, 0.1) is 0 Å². The molecule has 30 heavy (non-hydrogen) atoms. The Labute approximate surface area is 173 Å². The Balaban J connectivity index is 1.46. The van der Waals surface area contributed by atoms with Crippen molar-refractivity contribution in [2.45, 2.75) is 17.9 Å². The summed E-state index contributed by atoms with van der Waals surface area (Å²) in [4.78, 5) is 31.8. The largest absolute Gasteiger partial charge is 0.354 e. The molecule has 1 aliphatic heterocycles. The van der Waals surface area contributed by atoms with Gasteiger partial charge < -0.3 is 15.6 Å². The molecule has 4 rings (SSSR count). The summed E-state index contributed by atoms with van der Waals surface area (Å²) in [5, 5.41) is 5.45. The van der Waals surface area contributed by atoms with E-state index in [1.807, 2.05) is 31.2 Å². The van der Waals surface area contributed by atoms with Crippen LogP contribution in [0.1, 0.15) is 29.1 Å². The van der Waals surface area contributed by atoms with Crippen molar-refractivity contribution in [3.05, 3.63) is 59.9 Å². The first-order valence-electron chi connectivity index (χ1n) is 9.47. The first-order chi connectivity index (χ1) is 14.3. The molecule has 0 bridgehead atoms. The Kier molecular flexibility index (Phi) is 5.27. The number of nitrogens with zero attached hydrogens (tertiary/aromatic N) is 2. The molecule has 1 aliphatic rings. The molecule has 0 aliphatic carbocycles. The van der Waals surface area contributed by atoms with Crippen molar-refractivity contribution in [3.63, 3.8) is 0 Å². The maximum Gasteiger partial charge on any atom is 0.251 e. The lowest BCUT2D eigenvalue weighted by Crippen LogP contribution is -2.49. The number of aromatic nitrogens is 2. The van der Waals surface area contributed by atoms with Gasteiger partial charge in [-0.1, -0.05) is 12.1 Å². The van der Waals surface area contributed by atoms with E-state index in [4.69, 9.17) is 0 Å². The minimum atomic E-state index is -3.79. The molecule has 0 unspecified atom stereocenters. The summed E-state index contributed by atoms with van der Waals surface area (Å²) >= 11 is 0. The molecular weight excluding hydrogens is 406 g/mol. The number of amides is 2. The van der Waals surface area contributed by atoms with Crippen LogP contribution in [-0.4, -0.2) is 54.1 Å². The van der Waals surface area contributed by atoms with Crippen LogP contribution in [-0.2, 0) is 14.8 Å². The van der Waals surface area contributed by atoms with Gasteiger partial charge in [-0.25, -0.2) is 13.4 Å². The fourth-order valence-electron chi connectivity index (χ4n) is 3.27. The molecule has 1 saturated heterocycles. The SMILES string of the molecule is C[C@H](NC(=O)c1ccc(S(=O)(=O)N2CCNC(=O)C2)cc1)c1nc2ccccc2[nH]1. The van der Waals surface area contributed by atoms with Crippen LogP contribution in [0.4, 0.5) is 0 Å². The van der Waals surface area contributed by atoms with Gasteiger partial charge in [-0.05, 0) is 43.3 Å². The van der Waals surface area contributed by atoms with Crippen LogP contribution in [0.25, 0.3) is 11.0 Å². The molecule has 3 N–H and O–H groups in total. The van der Waals surface area contributed by atoms with Gasteiger partial charge in [0.2, 0.25) is 15.9 Å². The summed E-state index contributed by atoms with van der Waals surface area (Å²) in [5.74, 6) is -0.0447. The number of para-hydroxylation sites is 2. The van der Waals surface area contributed by atoms with Gasteiger partial charge in [0, 0.05) is 18.7 Å².